The standard InChI is InChI=1S/C14H10N2O10S2.C4H11NO2/c15-3-1-5(27(21,22)23)11(17)9-7(3)13(19)10-8(14(9)20)4(16)2-6(12(10)18)28(24,25)26;6-3-1-5-2-4-7/h1-2,17-18H,15-16H2,(H,21,22,23)(H,24,25,26);5-7H,1-4H2. The largest absolute Gasteiger partial charge is 0.506 e. The highest BCUT2D eigenvalue weighted by Gasteiger charge is 2.41. The summed E-state index contributed by atoms with van der Waals surface area (Å²) in [6.45, 7) is 1.42. The first-order valence-corrected chi connectivity index (χ1v) is 12.2. The summed E-state index contributed by atoms with van der Waals surface area (Å²) in [5.41, 5.74) is 6.54. The fraction of sp³-hybridized carbons (Fsp3) is 0.222. The molecule has 192 valence electrons. The number of aliphatic hydroxyl groups excluding tert-OH is 2. The van der Waals surface area contributed by atoms with Crippen molar-refractivity contribution in [3.05, 3.63) is 34.4 Å². The number of rotatable bonds is 6. The molecule has 11 N–H and O–H groups in total. The average molecular weight is 536 g/mol. The molecule has 0 bridgehead atoms. The lowest BCUT2D eigenvalue weighted by molar-refractivity contribution is 0.0974. The molecule has 0 unspecified atom stereocenters. The predicted octanol–water partition coefficient (Wildman–Crippen LogP) is -1.91. The van der Waals surface area contributed by atoms with E-state index in [0.717, 1.165) is 0 Å². The van der Waals surface area contributed by atoms with Crippen molar-refractivity contribution in [1.82, 2.24) is 5.32 Å². The van der Waals surface area contributed by atoms with Gasteiger partial charge in [0, 0.05) is 24.5 Å². The zero-order valence-corrected chi connectivity index (χ0v) is 19.2. The van der Waals surface area contributed by atoms with E-state index in [2.05, 4.69) is 5.32 Å². The van der Waals surface area contributed by atoms with E-state index in [4.69, 9.17) is 30.8 Å². The molecule has 17 heteroatoms. The van der Waals surface area contributed by atoms with Gasteiger partial charge in [-0.05, 0) is 12.1 Å². The summed E-state index contributed by atoms with van der Waals surface area (Å²) >= 11 is 0. The second-order valence-electron chi connectivity index (χ2n) is 6.93. The molecule has 0 amide bonds. The van der Waals surface area contributed by atoms with Gasteiger partial charge in [-0.3, -0.25) is 18.7 Å². The maximum atomic E-state index is 12.8. The first kappa shape index (κ1) is 27.9. The van der Waals surface area contributed by atoms with Gasteiger partial charge in [0.1, 0.15) is 21.3 Å². The topological polar surface area (TPSA) is 288 Å². The lowest BCUT2D eigenvalue weighted by Gasteiger charge is -2.23. The monoisotopic (exact) mass is 535 g/mol. The number of nitrogen functional groups attached to an aromatic ring is 2. The summed E-state index contributed by atoms with van der Waals surface area (Å²) in [7, 11) is -10.1. The molecule has 35 heavy (non-hydrogen) atoms. The SMILES string of the molecule is Nc1cc(S(=O)(=O)O)c(O)c2c1C(=O)c1c(O)c(S(=O)(=O)O)cc(N)c1C2=O.OCCNCCO. The van der Waals surface area contributed by atoms with Crippen molar-refractivity contribution in [3.8, 4) is 11.5 Å². The third-order valence-electron chi connectivity index (χ3n) is 4.63. The Morgan fingerprint density at radius 1 is 0.686 bits per heavy atom. The van der Waals surface area contributed by atoms with Crippen LogP contribution >= 0.6 is 0 Å². The molecular weight excluding hydrogens is 514 g/mol. The van der Waals surface area contributed by atoms with Gasteiger partial charge in [-0.25, -0.2) is 0 Å². The first-order chi connectivity index (χ1) is 16.1. The van der Waals surface area contributed by atoms with Gasteiger partial charge >= 0.3 is 0 Å². The summed E-state index contributed by atoms with van der Waals surface area (Å²) in [5.74, 6) is -5.11. The van der Waals surface area contributed by atoms with Crippen molar-refractivity contribution >= 4 is 43.2 Å². The number of phenolic OH excluding ortho intramolecular Hbond substituents is 2. The quantitative estimate of drug-likeness (QED) is 0.0720. The van der Waals surface area contributed by atoms with Crippen LogP contribution in [0.25, 0.3) is 0 Å². The number of aromatic hydroxyl groups is 2. The van der Waals surface area contributed by atoms with Crippen LogP contribution in [0.4, 0.5) is 11.4 Å². The van der Waals surface area contributed by atoms with Crippen molar-refractivity contribution in [2.45, 2.75) is 9.79 Å². The number of hydrogen-bond acceptors (Lipinski definition) is 13. The van der Waals surface area contributed by atoms with E-state index in [-0.39, 0.29) is 13.2 Å². The summed E-state index contributed by atoms with van der Waals surface area (Å²) in [5, 5.41) is 39.4. The Hall–Kier alpha value is -3.32. The van der Waals surface area contributed by atoms with E-state index in [0.29, 0.717) is 25.2 Å². The van der Waals surface area contributed by atoms with Gasteiger partial charge in [-0.15, -0.1) is 0 Å². The Morgan fingerprint density at radius 2 is 1.00 bits per heavy atom. The number of phenols is 2. The normalized spacial score (nSPS) is 13.0. The van der Waals surface area contributed by atoms with Crippen LogP contribution in [0.15, 0.2) is 21.9 Å². The van der Waals surface area contributed by atoms with Gasteiger partial charge in [-0.2, -0.15) is 16.8 Å². The number of carbonyl (C=O) groups excluding carboxylic acids is 2. The van der Waals surface area contributed by atoms with Crippen molar-refractivity contribution in [2.75, 3.05) is 37.8 Å². The molecule has 15 nitrogen and oxygen atoms in total. The van der Waals surface area contributed by atoms with Crippen LogP contribution in [0, 0.1) is 0 Å². The van der Waals surface area contributed by atoms with Gasteiger partial charge < -0.3 is 37.2 Å². The van der Waals surface area contributed by atoms with Crippen molar-refractivity contribution in [2.24, 2.45) is 0 Å². The highest BCUT2D eigenvalue weighted by molar-refractivity contribution is 7.86. The second-order valence-corrected chi connectivity index (χ2v) is 9.71. The van der Waals surface area contributed by atoms with E-state index >= 15 is 0 Å². The summed E-state index contributed by atoms with van der Waals surface area (Å²) in [4.78, 5) is 23.3. The van der Waals surface area contributed by atoms with Gasteiger partial charge in [0.25, 0.3) is 20.2 Å². The number of carbonyl (C=O) groups is 2. The first-order valence-electron chi connectivity index (χ1n) is 9.37. The zero-order chi connectivity index (χ0) is 26.9. The molecule has 1 aliphatic carbocycles. The minimum Gasteiger partial charge on any atom is -0.506 e. The molecule has 2 aromatic carbocycles. The summed E-state index contributed by atoms with van der Waals surface area (Å²) < 4.78 is 63.9. The molecule has 0 fully saturated rings. The molecular formula is C18H21N3O12S2. The van der Waals surface area contributed by atoms with Crippen LogP contribution in [0.3, 0.4) is 0 Å². The summed E-state index contributed by atoms with van der Waals surface area (Å²) in [6.07, 6.45) is 0. The molecule has 0 saturated carbocycles. The number of ketones is 2. The van der Waals surface area contributed by atoms with Crippen LogP contribution < -0.4 is 16.8 Å². The molecule has 0 atom stereocenters. The molecule has 3 rings (SSSR count). The third-order valence-corrected chi connectivity index (χ3v) is 6.37. The molecule has 0 saturated heterocycles. The Kier molecular flexibility index (Phi) is 8.07. The lowest BCUT2D eigenvalue weighted by atomic mass is 9.81. The smallest absolute Gasteiger partial charge is 0.298 e. The Bertz CT molecular complexity index is 1310. The molecule has 0 heterocycles. The molecule has 0 aromatic heterocycles. The van der Waals surface area contributed by atoms with E-state index in [1.54, 1.807) is 0 Å². The fourth-order valence-electron chi connectivity index (χ4n) is 3.19. The minimum atomic E-state index is -5.04. The van der Waals surface area contributed by atoms with Gasteiger partial charge in [-0.1, -0.05) is 0 Å². The van der Waals surface area contributed by atoms with Crippen LogP contribution in [0.1, 0.15) is 31.8 Å². The number of benzene rings is 2. The Labute approximate surface area is 198 Å². The zero-order valence-electron chi connectivity index (χ0n) is 17.6. The number of nitrogens with one attached hydrogen (secondary N) is 1. The number of hydrogen-bond donors (Lipinski definition) is 9. The Morgan fingerprint density at radius 3 is 1.26 bits per heavy atom. The lowest BCUT2D eigenvalue weighted by Crippen LogP contribution is -2.25. The minimum absolute atomic E-state index is 0.139. The molecule has 0 spiro atoms. The maximum Gasteiger partial charge on any atom is 0.298 e. The highest BCUT2D eigenvalue weighted by atomic mass is 32.2. The number of anilines is 2. The number of fused-ring (bicyclic) bond motifs is 2. The van der Waals surface area contributed by atoms with Crippen LogP contribution in [-0.2, 0) is 20.2 Å². The average Bonchev–Trinajstić information content (AvgIpc) is 2.73. The van der Waals surface area contributed by atoms with Crippen molar-refractivity contribution in [1.29, 1.82) is 0 Å². The number of aliphatic hydroxyl groups is 2. The van der Waals surface area contributed by atoms with E-state index in [9.17, 15) is 36.6 Å². The van der Waals surface area contributed by atoms with Crippen molar-refractivity contribution < 1.29 is 56.0 Å². The Balaban J connectivity index is 0.000000540. The van der Waals surface area contributed by atoms with Gasteiger partial charge in [0.15, 0.2) is 0 Å². The van der Waals surface area contributed by atoms with Gasteiger partial charge in [0.05, 0.1) is 35.5 Å². The molecule has 1 aliphatic rings. The van der Waals surface area contributed by atoms with Gasteiger partial charge in [0.2, 0.25) is 11.6 Å². The van der Waals surface area contributed by atoms with Crippen LogP contribution in [-0.4, -0.2) is 84.2 Å². The number of nitrogens with two attached hydrogens (primary N) is 2. The van der Waals surface area contributed by atoms with Crippen LogP contribution in [0.2, 0.25) is 0 Å². The third kappa shape index (κ3) is 5.35. The second kappa shape index (κ2) is 10.1. The summed E-state index contributed by atoms with van der Waals surface area (Å²) in [6, 6.07) is 1.01. The van der Waals surface area contributed by atoms with Crippen molar-refractivity contribution in [3.63, 3.8) is 0 Å². The predicted molar refractivity (Wildman–Crippen MR) is 119 cm³/mol. The molecule has 0 aliphatic heterocycles. The highest BCUT2D eigenvalue weighted by Crippen LogP contribution is 2.45. The molecule has 2 aromatic rings. The van der Waals surface area contributed by atoms with E-state index in [1.807, 2.05) is 0 Å². The maximum absolute atomic E-state index is 12.8. The van der Waals surface area contributed by atoms with Crippen LogP contribution in [0.5, 0.6) is 11.5 Å². The van der Waals surface area contributed by atoms with E-state index in [1.165, 1.54) is 0 Å². The molecule has 0 radical (unpaired) electrons. The fourth-order valence-corrected chi connectivity index (χ4v) is 4.44. The van der Waals surface area contributed by atoms with E-state index < -0.39 is 86.7 Å².